The molecular formula is C19H22N4O2. The van der Waals surface area contributed by atoms with Crippen LogP contribution in [0.4, 0.5) is 0 Å². The van der Waals surface area contributed by atoms with Gasteiger partial charge in [-0.25, -0.2) is 0 Å². The Hall–Kier alpha value is -2.60. The zero-order valence-electron chi connectivity index (χ0n) is 14.5. The quantitative estimate of drug-likeness (QED) is 0.777. The lowest BCUT2D eigenvalue weighted by Crippen LogP contribution is -2.51. The highest BCUT2D eigenvalue weighted by Crippen LogP contribution is 2.24. The maximum atomic E-state index is 12.3. The number of furan rings is 1. The number of benzene rings is 1. The first-order chi connectivity index (χ1) is 12.1. The average Bonchev–Trinajstić information content (AvgIpc) is 3.16. The summed E-state index contributed by atoms with van der Waals surface area (Å²) in [6, 6.07) is 10.1. The molecule has 2 aromatic heterocycles. The highest BCUT2D eigenvalue weighted by atomic mass is 16.3. The normalized spacial score (nSPS) is 16.7. The molecule has 1 atom stereocenters. The third-order valence-electron chi connectivity index (χ3n) is 4.66. The SMILES string of the molecule is Cc1cnn(C2CN(CC(=O)N[C@@H](C)c3cc4ccccc4o3)C2)c1. The number of nitrogens with one attached hydrogen (secondary N) is 1. The van der Waals surface area contributed by atoms with Crippen molar-refractivity contribution in [1.29, 1.82) is 0 Å². The lowest BCUT2D eigenvalue weighted by Gasteiger charge is -2.38. The molecule has 1 aliphatic heterocycles. The predicted octanol–water partition coefficient (Wildman–Crippen LogP) is 2.67. The number of aromatic nitrogens is 2. The zero-order valence-corrected chi connectivity index (χ0v) is 14.5. The molecule has 0 unspecified atom stereocenters. The van der Waals surface area contributed by atoms with Gasteiger partial charge in [0.05, 0.1) is 24.8 Å². The van der Waals surface area contributed by atoms with E-state index in [1.54, 1.807) is 0 Å². The molecule has 1 saturated heterocycles. The molecule has 1 aromatic carbocycles. The van der Waals surface area contributed by atoms with Gasteiger partial charge in [-0.3, -0.25) is 14.4 Å². The standard InChI is InChI=1S/C19H22N4O2/c1-13-8-20-23(9-13)16-10-22(11-16)12-19(24)21-14(2)18-7-15-5-3-4-6-17(15)25-18/h3-9,14,16H,10-12H2,1-2H3,(H,21,24)/t14-/m0/s1. The van der Waals surface area contributed by atoms with Crippen molar-refractivity contribution in [3.8, 4) is 0 Å². The Morgan fingerprint density at radius 2 is 2.20 bits per heavy atom. The number of fused-ring (bicyclic) bond motifs is 1. The van der Waals surface area contributed by atoms with Crippen molar-refractivity contribution in [3.63, 3.8) is 0 Å². The number of amides is 1. The smallest absolute Gasteiger partial charge is 0.234 e. The molecule has 25 heavy (non-hydrogen) atoms. The fraction of sp³-hybridized carbons (Fsp3) is 0.368. The van der Waals surface area contributed by atoms with Gasteiger partial charge < -0.3 is 9.73 Å². The molecule has 0 radical (unpaired) electrons. The molecule has 1 N–H and O–H groups in total. The molecule has 3 heterocycles. The van der Waals surface area contributed by atoms with Crippen LogP contribution in [0.1, 0.15) is 30.3 Å². The van der Waals surface area contributed by atoms with Crippen molar-refractivity contribution in [2.24, 2.45) is 0 Å². The second-order valence-corrected chi connectivity index (χ2v) is 6.82. The highest BCUT2D eigenvalue weighted by Gasteiger charge is 2.30. The van der Waals surface area contributed by atoms with Gasteiger partial charge in [-0.1, -0.05) is 18.2 Å². The van der Waals surface area contributed by atoms with Crippen LogP contribution in [0, 0.1) is 6.92 Å². The second kappa shape index (κ2) is 6.37. The zero-order chi connectivity index (χ0) is 17.4. The van der Waals surface area contributed by atoms with Crippen molar-refractivity contribution in [2.45, 2.75) is 25.9 Å². The van der Waals surface area contributed by atoms with Crippen molar-refractivity contribution in [1.82, 2.24) is 20.0 Å². The Labute approximate surface area is 146 Å². The Morgan fingerprint density at radius 3 is 2.92 bits per heavy atom. The van der Waals surface area contributed by atoms with Gasteiger partial charge in [0.15, 0.2) is 0 Å². The van der Waals surface area contributed by atoms with Crippen molar-refractivity contribution in [2.75, 3.05) is 19.6 Å². The summed E-state index contributed by atoms with van der Waals surface area (Å²) in [5, 5.41) is 8.41. The van der Waals surface area contributed by atoms with Crippen LogP contribution in [0.3, 0.4) is 0 Å². The topological polar surface area (TPSA) is 63.3 Å². The summed E-state index contributed by atoms with van der Waals surface area (Å²) < 4.78 is 7.80. The number of carbonyl (C=O) groups is 1. The van der Waals surface area contributed by atoms with E-state index in [4.69, 9.17) is 4.42 Å². The molecule has 1 amide bonds. The van der Waals surface area contributed by atoms with E-state index in [0.717, 1.165) is 35.4 Å². The summed E-state index contributed by atoms with van der Waals surface area (Å²) >= 11 is 0. The summed E-state index contributed by atoms with van der Waals surface area (Å²) in [6.45, 7) is 6.09. The van der Waals surface area contributed by atoms with E-state index >= 15 is 0 Å². The summed E-state index contributed by atoms with van der Waals surface area (Å²) in [5.41, 5.74) is 2.01. The number of hydrogen-bond donors (Lipinski definition) is 1. The third-order valence-corrected chi connectivity index (χ3v) is 4.66. The molecule has 0 aliphatic carbocycles. The summed E-state index contributed by atoms with van der Waals surface area (Å²) in [7, 11) is 0. The molecule has 6 nitrogen and oxygen atoms in total. The van der Waals surface area contributed by atoms with Crippen LogP contribution < -0.4 is 5.32 Å². The maximum absolute atomic E-state index is 12.3. The van der Waals surface area contributed by atoms with Gasteiger partial charge in [-0.15, -0.1) is 0 Å². The minimum absolute atomic E-state index is 0.0167. The monoisotopic (exact) mass is 338 g/mol. The fourth-order valence-electron chi connectivity index (χ4n) is 3.25. The van der Waals surface area contributed by atoms with Crippen LogP contribution in [0.2, 0.25) is 0 Å². The maximum Gasteiger partial charge on any atom is 0.234 e. The van der Waals surface area contributed by atoms with Crippen LogP contribution in [0.5, 0.6) is 0 Å². The first-order valence-electron chi connectivity index (χ1n) is 8.59. The average molecular weight is 338 g/mol. The van der Waals surface area contributed by atoms with E-state index in [2.05, 4.69) is 15.3 Å². The molecule has 1 aliphatic rings. The van der Waals surface area contributed by atoms with Crippen molar-refractivity contribution >= 4 is 16.9 Å². The van der Waals surface area contributed by atoms with E-state index in [1.165, 1.54) is 0 Å². The number of nitrogens with zero attached hydrogens (tertiary/aromatic N) is 3. The van der Waals surface area contributed by atoms with Gasteiger partial charge in [0.1, 0.15) is 11.3 Å². The Kier molecular flexibility index (Phi) is 4.05. The molecule has 0 spiro atoms. The second-order valence-electron chi connectivity index (χ2n) is 6.82. The number of carbonyl (C=O) groups excluding carboxylic acids is 1. The number of rotatable bonds is 5. The Balaban J connectivity index is 1.29. The van der Waals surface area contributed by atoms with E-state index < -0.39 is 0 Å². The van der Waals surface area contributed by atoms with Gasteiger partial charge in [0.25, 0.3) is 0 Å². The molecule has 6 heteroatoms. The number of aryl methyl sites for hydroxylation is 1. The largest absolute Gasteiger partial charge is 0.459 e. The molecule has 3 aromatic rings. The fourth-order valence-corrected chi connectivity index (χ4v) is 3.25. The lowest BCUT2D eigenvalue weighted by molar-refractivity contribution is -0.124. The molecule has 0 saturated carbocycles. The number of para-hydroxylation sites is 1. The van der Waals surface area contributed by atoms with Gasteiger partial charge in [0, 0.05) is 24.7 Å². The van der Waals surface area contributed by atoms with Crippen LogP contribution >= 0.6 is 0 Å². The van der Waals surface area contributed by atoms with Crippen LogP contribution in [0.25, 0.3) is 11.0 Å². The van der Waals surface area contributed by atoms with Crippen LogP contribution in [0.15, 0.2) is 47.1 Å². The number of hydrogen-bond acceptors (Lipinski definition) is 4. The van der Waals surface area contributed by atoms with Gasteiger partial charge in [-0.2, -0.15) is 5.10 Å². The van der Waals surface area contributed by atoms with E-state index in [0.29, 0.717) is 12.6 Å². The molecular weight excluding hydrogens is 316 g/mol. The molecule has 4 rings (SSSR count). The number of likely N-dealkylation sites (tertiary alicyclic amines) is 1. The summed E-state index contributed by atoms with van der Waals surface area (Å²) in [4.78, 5) is 14.4. The molecule has 1 fully saturated rings. The van der Waals surface area contributed by atoms with Crippen molar-refractivity contribution in [3.05, 3.63) is 54.0 Å². The van der Waals surface area contributed by atoms with Gasteiger partial charge >= 0.3 is 0 Å². The van der Waals surface area contributed by atoms with Gasteiger partial charge in [0.2, 0.25) is 5.91 Å². The van der Waals surface area contributed by atoms with Crippen molar-refractivity contribution < 1.29 is 9.21 Å². The summed E-state index contributed by atoms with van der Waals surface area (Å²) in [6.07, 6.45) is 3.91. The van der Waals surface area contributed by atoms with Crippen LogP contribution in [-0.2, 0) is 4.79 Å². The highest BCUT2D eigenvalue weighted by molar-refractivity contribution is 5.80. The van der Waals surface area contributed by atoms with E-state index in [1.807, 2.05) is 61.3 Å². The third kappa shape index (κ3) is 3.30. The minimum atomic E-state index is -0.147. The molecule has 0 bridgehead atoms. The Morgan fingerprint density at radius 1 is 1.40 bits per heavy atom. The summed E-state index contributed by atoms with van der Waals surface area (Å²) in [5.74, 6) is 0.797. The first-order valence-corrected chi connectivity index (χ1v) is 8.59. The van der Waals surface area contributed by atoms with Gasteiger partial charge in [-0.05, 0) is 31.5 Å². The molecule has 130 valence electrons. The van der Waals surface area contributed by atoms with E-state index in [-0.39, 0.29) is 11.9 Å². The lowest BCUT2D eigenvalue weighted by atomic mass is 10.1. The Bertz CT molecular complexity index is 859. The first kappa shape index (κ1) is 15.9. The van der Waals surface area contributed by atoms with Crippen LogP contribution in [-0.4, -0.2) is 40.2 Å². The predicted molar refractivity (Wildman–Crippen MR) is 95.2 cm³/mol. The van der Waals surface area contributed by atoms with E-state index in [9.17, 15) is 4.79 Å². The minimum Gasteiger partial charge on any atom is -0.459 e.